The summed E-state index contributed by atoms with van der Waals surface area (Å²) in [5.74, 6) is -1.99. The Balaban J connectivity index is 1.29. The molecule has 0 bridgehead atoms. The summed E-state index contributed by atoms with van der Waals surface area (Å²) < 4.78 is 17.6. The molecule has 3 aliphatic rings. The van der Waals surface area contributed by atoms with Crippen LogP contribution < -0.4 is 15.4 Å². The van der Waals surface area contributed by atoms with Crippen LogP contribution in [0.5, 0.6) is 5.88 Å². The maximum absolute atomic E-state index is 13.7. The minimum Gasteiger partial charge on any atom is -0.467 e. The maximum atomic E-state index is 13.7. The van der Waals surface area contributed by atoms with E-state index < -0.39 is 36.0 Å². The SMILES string of the molecule is CCCOC(=O)CC[C@H](NC(=O)c1cc(OCC(=O)N2CCC[C@H]2C(=O)NC2CCC2)n(-c2ccccc2)n1)C(=O)N1CCN(C(=O)OCC)CC1. The monoisotopic (exact) mass is 723 g/mol. The molecule has 2 aromatic rings. The van der Waals surface area contributed by atoms with E-state index in [1.165, 1.54) is 15.6 Å². The number of aromatic nitrogens is 2. The van der Waals surface area contributed by atoms with Gasteiger partial charge in [-0.05, 0) is 64.0 Å². The van der Waals surface area contributed by atoms with Gasteiger partial charge in [-0.2, -0.15) is 5.10 Å². The molecule has 3 heterocycles. The molecule has 0 spiro atoms. The number of carbonyl (C=O) groups excluding carboxylic acids is 6. The first-order valence-electron chi connectivity index (χ1n) is 18.2. The Labute approximate surface area is 303 Å². The molecule has 3 fully saturated rings. The third-order valence-electron chi connectivity index (χ3n) is 9.41. The van der Waals surface area contributed by atoms with Crippen molar-refractivity contribution in [3.8, 4) is 11.6 Å². The van der Waals surface area contributed by atoms with Gasteiger partial charge in [0.2, 0.25) is 17.7 Å². The third-order valence-corrected chi connectivity index (χ3v) is 9.41. The third kappa shape index (κ3) is 9.79. The number of para-hydroxylation sites is 1. The topological polar surface area (TPSA) is 182 Å². The number of benzene rings is 1. The van der Waals surface area contributed by atoms with Crippen molar-refractivity contribution in [3.63, 3.8) is 0 Å². The molecule has 2 saturated heterocycles. The van der Waals surface area contributed by atoms with Crippen LogP contribution in [0.25, 0.3) is 5.69 Å². The van der Waals surface area contributed by atoms with Gasteiger partial charge in [0.15, 0.2) is 12.3 Å². The molecule has 0 radical (unpaired) electrons. The van der Waals surface area contributed by atoms with Crippen LogP contribution in [0.3, 0.4) is 0 Å². The number of carbonyl (C=O) groups is 6. The smallest absolute Gasteiger partial charge is 0.409 e. The molecule has 16 nitrogen and oxygen atoms in total. The van der Waals surface area contributed by atoms with E-state index in [1.54, 1.807) is 41.0 Å². The molecule has 1 aliphatic carbocycles. The summed E-state index contributed by atoms with van der Waals surface area (Å²) in [6, 6.07) is 8.81. The molecule has 0 unspecified atom stereocenters. The van der Waals surface area contributed by atoms with Crippen LogP contribution in [0, 0.1) is 0 Å². The van der Waals surface area contributed by atoms with Crippen LogP contribution in [0.1, 0.15) is 75.7 Å². The highest BCUT2D eigenvalue weighted by Crippen LogP contribution is 2.24. The second kappa shape index (κ2) is 18.4. The highest BCUT2D eigenvalue weighted by molar-refractivity contribution is 5.96. The summed E-state index contributed by atoms with van der Waals surface area (Å²) in [6.07, 6.45) is 4.32. The standard InChI is InChI=1S/C36H49N7O9/c1-3-22-51-32(45)16-15-27(35(48)40-18-20-41(21-19-40)36(49)50-4-2)38-33(46)28-23-31(43(39-28)26-12-6-5-7-13-26)52-24-30(44)42-17-9-14-29(42)34(47)37-25-10-8-11-25/h5-7,12-13,23,25,27,29H,3-4,8-11,14-22,24H2,1-2H3,(H,37,47)(H,38,46)/t27-,29-/m0/s1. The van der Waals surface area contributed by atoms with Crippen molar-refractivity contribution in [2.45, 2.75) is 83.3 Å². The largest absolute Gasteiger partial charge is 0.467 e. The zero-order valence-corrected chi connectivity index (χ0v) is 29.9. The lowest BCUT2D eigenvalue weighted by atomic mass is 9.93. The van der Waals surface area contributed by atoms with E-state index in [9.17, 15) is 28.8 Å². The minimum absolute atomic E-state index is 0.0200. The minimum atomic E-state index is -1.10. The number of rotatable bonds is 15. The Bertz CT molecular complexity index is 1570. The van der Waals surface area contributed by atoms with Crippen molar-refractivity contribution in [2.24, 2.45) is 0 Å². The average Bonchev–Trinajstić information content (AvgIpc) is 3.82. The Kier molecular flexibility index (Phi) is 13.5. The summed E-state index contributed by atoms with van der Waals surface area (Å²) in [7, 11) is 0. The molecule has 2 N–H and O–H groups in total. The Hall–Kier alpha value is -5.15. The second-order valence-corrected chi connectivity index (χ2v) is 13.1. The predicted molar refractivity (Wildman–Crippen MR) is 186 cm³/mol. The van der Waals surface area contributed by atoms with Crippen molar-refractivity contribution in [1.82, 2.24) is 35.1 Å². The van der Waals surface area contributed by atoms with E-state index in [0.29, 0.717) is 31.5 Å². The predicted octanol–water partition coefficient (Wildman–Crippen LogP) is 2.04. The fourth-order valence-electron chi connectivity index (χ4n) is 6.32. The van der Waals surface area contributed by atoms with E-state index >= 15 is 0 Å². The fraction of sp³-hybridized carbons (Fsp3) is 0.583. The van der Waals surface area contributed by atoms with Gasteiger partial charge in [-0.1, -0.05) is 25.1 Å². The van der Waals surface area contributed by atoms with Crippen molar-refractivity contribution in [1.29, 1.82) is 0 Å². The van der Waals surface area contributed by atoms with Crippen LogP contribution in [-0.4, -0.2) is 131 Å². The van der Waals surface area contributed by atoms with Crippen molar-refractivity contribution in [3.05, 3.63) is 42.1 Å². The van der Waals surface area contributed by atoms with Gasteiger partial charge in [0.25, 0.3) is 11.8 Å². The number of amides is 5. The number of likely N-dealkylation sites (tertiary alicyclic amines) is 1. The van der Waals surface area contributed by atoms with E-state index in [-0.39, 0.29) is 88.3 Å². The lowest BCUT2D eigenvalue weighted by Crippen LogP contribution is -2.56. The lowest BCUT2D eigenvalue weighted by molar-refractivity contribution is -0.144. The number of nitrogens with zero attached hydrogens (tertiary/aromatic N) is 5. The van der Waals surface area contributed by atoms with Gasteiger partial charge in [-0.25, -0.2) is 9.48 Å². The Morgan fingerprint density at radius 3 is 2.31 bits per heavy atom. The molecule has 1 saturated carbocycles. The van der Waals surface area contributed by atoms with Gasteiger partial charge in [0.1, 0.15) is 12.1 Å². The van der Waals surface area contributed by atoms with E-state index in [1.807, 2.05) is 13.0 Å². The molecule has 5 amide bonds. The van der Waals surface area contributed by atoms with Crippen LogP contribution in [-0.2, 0) is 28.7 Å². The Morgan fingerprint density at radius 2 is 1.63 bits per heavy atom. The number of nitrogens with one attached hydrogen (secondary N) is 2. The van der Waals surface area contributed by atoms with Gasteiger partial charge in [-0.15, -0.1) is 0 Å². The zero-order valence-electron chi connectivity index (χ0n) is 29.9. The normalized spacial score (nSPS) is 17.9. The molecule has 5 rings (SSSR count). The summed E-state index contributed by atoms with van der Waals surface area (Å²) in [4.78, 5) is 82.9. The molecular weight excluding hydrogens is 674 g/mol. The molecule has 282 valence electrons. The summed E-state index contributed by atoms with van der Waals surface area (Å²) in [5, 5.41) is 10.3. The van der Waals surface area contributed by atoms with Gasteiger partial charge < -0.3 is 39.5 Å². The van der Waals surface area contributed by atoms with Gasteiger partial charge in [-0.3, -0.25) is 24.0 Å². The van der Waals surface area contributed by atoms with Gasteiger partial charge in [0.05, 0.1) is 18.9 Å². The summed E-state index contributed by atoms with van der Waals surface area (Å²) >= 11 is 0. The van der Waals surface area contributed by atoms with Crippen LogP contribution >= 0.6 is 0 Å². The highest BCUT2D eigenvalue weighted by atomic mass is 16.6. The van der Waals surface area contributed by atoms with Crippen molar-refractivity contribution in [2.75, 3.05) is 52.5 Å². The number of piperazine rings is 1. The molecular formula is C36H49N7O9. The van der Waals surface area contributed by atoms with Gasteiger partial charge >= 0.3 is 12.1 Å². The number of esters is 1. The molecule has 1 aromatic heterocycles. The van der Waals surface area contributed by atoms with Crippen LogP contribution in [0.4, 0.5) is 4.79 Å². The molecule has 52 heavy (non-hydrogen) atoms. The van der Waals surface area contributed by atoms with Crippen LogP contribution in [0.2, 0.25) is 0 Å². The Morgan fingerprint density at radius 1 is 0.904 bits per heavy atom. The van der Waals surface area contributed by atoms with E-state index in [2.05, 4.69) is 15.7 Å². The highest BCUT2D eigenvalue weighted by Gasteiger charge is 2.36. The van der Waals surface area contributed by atoms with Crippen molar-refractivity contribution < 1.29 is 43.0 Å². The molecule has 16 heteroatoms. The number of ether oxygens (including phenoxy) is 3. The quantitative estimate of drug-likeness (QED) is 0.258. The molecule has 2 aliphatic heterocycles. The fourth-order valence-corrected chi connectivity index (χ4v) is 6.32. The van der Waals surface area contributed by atoms with Crippen molar-refractivity contribution >= 4 is 35.7 Å². The second-order valence-electron chi connectivity index (χ2n) is 13.1. The van der Waals surface area contributed by atoms with Crippen LogP contribution in [0.15, 0.2) is 36.4 Å². The summed E-state index contributed by atoms with van der Waals surface area (Å²) in [5.41, 5.74) is 0.484. The zero-order chi connectivity index (χ0) is 37.0. The molecule has 1 aromatic carbocycles. The first-order valence-corrected chi connectivity index (χ1v) is 18.2. The summed E-state index contributed by atoms with van der Waals surface area (Å²) in [6.45, 7) is 5.09. The molecule has 2 atom stereocenters. The number of hydrogen-bond acceptors (Lipinski definition) is 10. The average molecular weight is 724 g/mol. The van der Waals surface area contributed by atoms with E-state index in [0.717, 1.165) is 19.3 Å². The first-order chi connectivity index (χ1) is 25.2. The number of hydrogen-bond donors (Lipinski definition) is 2. The van der Waals surface area contributed by atoms with Gasteiger partial charge in [0, 0.05) is 51.3 Å². The van der Waals surface area contributed by atoms with E-state index in [4.69, 9.17) is 14.2 Å². The first kappa shape index (κ1) is 38.1. The lowest BCUT2D eigenvalue weighted by Gasteiger charge is -2.35. The maximum Gasteiger partial charge on any atom is 0.409 e.